The molecule has 4 heteroatoms. The SMILES string of the molecule is CC/C=C(\C=C/N)n1c2ccc(-c3ccccc3-c3ccccc3)cc2c2cc3c4c(c21)CCc1cc2c5cc(-c6ccccc6-c6ccccc6)ccc5n(-c5ccnc(C)c5)c2c(c1-4)CC3. The molecule has 0 unspecified atom stereocenters. The molecule has 68 heavy (non-hydrogen) atoms. The average molecular weight is 875 g/mol. The van der Waals surface area contributed by atoms with Gasteiger partial charge in [0.1, 0.15) is 0 Å². The van der Waals surface area contributed by atoms with Gasteiger partial charge >= 0.3 is 0 Å². The van der Waals surface area contributed by atoms with E-state index in [-0.39, 0.29) is 0 Å². The molecule has 3 heterocycles. The second kappa shape index (κ2) is 16.0. The van der Waals surface area contributed by atoms with Crippen molar-refractivity contribution < 1.29 is 0 Å². The lowest BCUT2D eigenvalue weighted by atomic mass is 9.74. The van der Waals surface area contributed by atoms with Crippen molar-refractivity contribution in [2.45, 2.75) is 46.0 Å². The van der Waals surface area contributed by atoms with E-state index in [4.69, 9.17) is 5.73 Å². The van der Waals surface area contributed by atoms with Gasteiger partial charge in [-0.15, -0.1) is 0 Å². The summed E-state index contributed by atoms with van der Waals surface area (Å²) in [7, 11) is 0. The lowest BCUT2D eigenvalue weighted by Gasteiger charge is -2.31. The molecule has 0 atom stereocenters. The van der Waals surface area contributed by atoms with Crippen molar-refractivity contribution in [3.8, 4) is 61.3 Å². The number of hydrogen-bond donors (Lipinski definition) is 1. The summed E-state index contributed by atoms with van der Waals surface area (Å²) in [5.41, 5.74) is 33.1. The third kappa shape index (κ3) is 6.17. The third-order valence-electron chi connectivity index (χ3n) is 14.7. The first-order chi connectivity index (χ1) is 33.6. The van der Waals surface area contributed by atoms with Gasteiger partial charge in [-0.05, 0) is 178 Å². The highest BCUT2D eigenvalue weighted by Gasteiger charge is 2.33. The highest BCUT2D eigenvalue weighted by Crippen LogP contribution is 2.52. The van der Waals surface area contributed by atoms with E-state index < -0.39 is 0 Å². The summed E-state index contributed by atoms with van der Waals surface area (Å²) in [6.07, 6.45) is 12.8. The Labute approximate surface area is 397 Å². The molecule has 0 fully saturated rings. The van der Waals surface area contributed by atoms with Gasteiger partial charge in [-0.1, -0.05) is 134 Å². The van der Waals surface area contributed by atoms with Gasteiger partial charge in [0.25, 0.3) is 0 Å². The number of rotatable bonds is 8. The smallest absolute Gasteiger partial charge is 0.0579 e. The second-order valence-electron chi connectivity index (χ2n) is 18.6. The molecule has 0 saturated carbocycles. The van der Waals surface area contributed by atoms with Crippen LogP contribution in [0.4, 0.5) is 0 Å². The fourth-order valence-electron chi connectivity index (χ4n) is 11.9. The molecule has 2 aliphatic carbocycles. The number of nitrogens with two attached hydrogens (primary N) is 1. The van der Waals surface area contributed by atoms with Gasteiger partial charge in [0.15, 0.2) is 0 Å². The molecular weight excluding hydrogens is 825 g/mol. The summed E-state index contributed by atoms with van der Waals surface area (Å²) in [5.74, 6) is 0. The Morgan fingerprint density at radius 2 is 1.04 bits per heavy atom. The normalized spacial score (nSPS) is 13.4. The number of pyridine rings is 1. The summed E-state index contributed by atoms with van der Waals surface area (Å²) >= 11 is 0. The molecule has 326 valence electrons. The van der Waals surface area contributed by atoms with Crippen molar-refractivity contribution in [3.63, 3.8) is 0 Å². The van der Waals surface area contributed by atoms with Crippen LogP contribution in [-0.4, -0.2) is 14.1 Å². The molecule has 0 saturated heterocycles. The van der Waals surface area contributed by atoms with E-state index in [0.717, 1.165) is 49.2 Å². The fraction of sp³-hybridized carbons (Fsp3) is 0.109. The lowest BCUT2D eigenvalue weighted by Crippen LogP contribution is -2.16. The summed E-state index contributed by atoms with van der Waals surface area (Å²) in [5, 5.41) is 5.21. The monoisotopic (exact) mass is 874 g/mol. The molecule has 0 spiro atoms. The molecule has 13 rings (SSSR count). The fourth-order valence-corrected chi connectivity index (χ4v) is 11.9. The lowest BCUT2D eigenvalue weighted by molar-refractivity contribution is 0.883. The molecule has 0 amide bonds. The van der Waals surface area contributed by atoms with Crippen molar-refractivity contribution in [1.82, 2.24) is 14.1 Å². The zero-order chi connectivity index (χ0) is 45.5. The largest absolute Gasteiger partial charge is 0.405 e. The highest BCUT2D eigenvalue weighted by atomic mass is 15.0. The van der Waals surface area contributed by atoms with Crippen LogP contribution >= 0.6 is 0 Å². The molecule has 11 aromatic rings. The van der Waals surface area contributed by atoms with Gasteiger partial charge in [0.05, 0.1) is 22.1 Å². The molecule has 2 N–H and O–H groups in total. The molecule has 2 aliphatic rings. The van der Waals surface area contributed by atoms with E-state index in [1.54, 1.807) is 6.20 Å². The van der Waals surface area contributed by atoms with Gasteiger partial charge in [-0.3, -0.25) is 4.98 Å². The third-order valence-corrected chi connectivity index (χ3v) is 14.7. The first-order valence-corrected chi connectivity index (χ1v) is 24.2. The van der Waals surface area contributed by atoms with Crippen molar-refractivity contribution in [2.75, 3.05) is 0 Å². The van der Waals surface area contributed by atoms with Gasteiger partial charge in [0, 0.05) is 44.8 Å². The number of fused-ring (bicyclic) bond motifs is 8. The van der Waals surface area contributed by atoms with E-state index in [9.17, 15) is 0 Å². The van der Waals surface area contributed by atoms with Crippen LogP contribution < -0.4 is 5.73 Å². The van der Waals surface area contributed by atoms with Crippen LogP contribution in [-0.2, 0) is 25.7 Å². The van der Waals surface area contributed by atoms with Crippen LogP contribution in [0, 0.1) is 6.92 Å². The minimum Gasteiger partial charge on any atom is -0.405 e. The predicted molar refractivity (Wildman–Crippen MR) is 286 cm³/mol. The van der Waals surface area contributed by atoms with Crippen LogP contribution in [0.25, 0.3) is 111 Å². The van der Waals surface area contributed by atoms with Crippen LogP contribution in [0.3, 0.4) is 0 Å². The average Bonchev–Trinajstić information content (AvgIpc) is 3.90. The molecule has 8 aromatic carbocycles. The number of aromatic nitrogens is 3. The highest BCUT2D eigenvalue weighted by molar-refractivity contribution is 6.17. The van der Waals surface area contributed by atoms with E-state index in [0.29, 0.717) is 0 Å². The van der Waals surface area contributed by atoms with Crippen LogP contribution in [0.5, 0.6) is 0 Å². The molecule has 0 bridgehead atoms. The van der Waals surface area contributed by atoms with Crippen molar-refractivity contribution >= 4 is 49.3 Å². The standard InChI is InChI=1S/C64H50N4/c1-3-14-47(31-33-65)67-59-29-25-43(51-21-12-10-19-49(51)41-15-6-4-7-16-41)36-55(59)57-38-45-24-28-54-62-46(23-27-53(61(45)62)63(57)67)39-58-56-37-44(52-22-13-11-20-50(52)42-17-8-5-9-18-42)26-30-60(56)68(64(54)58)48-32-34-66-40(2)35-48/h4-22,25-26,29-39H,3,23-24,27-28,65H2,1-2H3/b33-31-,47-14+. The second-order valence-corrected chi connectivity index (χ2v) is 18.6. The number of hydrogen-bond acceptors (Lipinski definition) is 2. The van der Waals surface area contributed by atoms with E-state index in [1.165, 1.54) is 122 Å². The molecular formula is C64H50N4. The maximum Gasteiger partial charge on any atom is 0.0579 e. The Morgan fingerprint density at radius 1 is 0.529 bits per heavy atom. The number of allylic oxidation sites excluding steroid dienone is 3. The summed E-state index contributed by atoms with van der Waals surface area (Å²) in [4.78, 5) is 4.66. The zero-order valence-corrected chi connectivity index (χ0v) is 38.4. The van der Waals surface area contributed by atoms with Crippen molar-refractivity contribution in [3.05, 3.63) is 222 Å². The van der Waals surface area contributed by atoms with E-state index in [2.05, 4.69) is 210 Å². The molecule has 3 aromatic heterocycles. The predicted octanol–water partition coefficient (Wildman–Crippen LogP) is 15.9. The van der Waals surface area contributed by atoms with E-state index >= 15 is 0 Å². The Hall–Kier alpha value is -8.21. The van der Waals surface area contributed by atoms with Crippen LogP contribution in [0.1, 0.15) is 41.3 Å². The summed E-state index contributed by atoms with van der Waals surface area (Å²) in [6.45, 7) is 4.31. The van der Waals surface area contributed by atoms with Crippen molar-refractivity contribution in [1.29, 1.82) is 0 Å². The Bertz CT molecular complexity index is 3900. The molecule has 0 radical (unpaired) electrons. The molecule has 4 nitrogen and oxygen atoms in total. The Kier molecular flexibility index (Phi) is 9.43. The molecule has 0 aliphatic heterocycles. The Balaban J connectivity index is 1.08. The first-order valence-electron chi connectivity index (χ1n) is 24.2. The summed E-state index contributed by atoms with van der Waals surface area (Å²) in [6, 6.07) is 63.0. The first kappa shape index (κ1) is 40.1. The van der Waals surface area contributed by atoms with Crippen LogP contribution in [0.2, 0.25) is 0 Å². The zero-order valence-electron chi connectivity index (χ0n) is 38.4. The van der Waals surface area contributed by atoms with Gasteiger partial charge in [0.2, 0.25) is 0 Å². The number of nitrogens with zero attached hydrogens (tertiary/aromatic N) is 3. The minimum absolute atomic E-state index is 0.896. The van der Waals surface area contributed by atoms with Crippen LogP contribution in [0.15, 0.2) is 194 Å². The maximum absolute atomic E-state index is 6.27. The Morgan fingerprint density at radius 3 is 1.60 bits per heavy atom. The number of benzene rings is 8. The van der Waals surface area contributed by atoms with Gasteiger partial charge < -0.3 is 14.9 Å². The quantitative estimate of drug-likeness (QED) is 0.155. The number of aryl methyl sites for hydroxylation is 5. The van der Waals surface area contributed by atoms with Gasteiger partial charge in [-0.2, -0.15) is 0 Å². The topological polar surface area (TPSA) is 48.8 Å². The summed E-state index contributed by atoms with van der Waals surface area (Å²) < 4.78 is 5.06. The van der Waals surface area contributed by atoms with E-state index in [1.807, 2.05) is 6.20 Å². The minimum atomic E-state index is 0.896. The van der Waals surface area contributed by atoms with Crippen molar-refractivity contribution in [2.24, 2.45) is 5.73 Å². The maximum atomic E-state index is 6.27. The van der Waals surface area contributed by atoms with Gasteiger partial charge in [-0.25, -0.2) is 0 Å².